The van der Waals surface area contributed by atoms with Crippen LogP contribution in [0.4, 0.5) is 13.2 Å². The molecule has 1 aromatic heterocycles. The third kappa shape index (κ3) is 5.83. The lowest BCUT2D eigenvalue weighted by atomic mass is 10.1. The van der Waals surface area contributed by atoms with Crippen molar-refractivity contribution < 1.29 is 32.6 Å². The van der Waals surface area contributed by atoms with Crippen LogP contribution in [0, 0.1) is 0 Å². The van der Waals surface area contributed by atoms with Gasteiger partial charge in [0.25, 0.3) is 5.91 Å². The molecule has 0 bridgehead atoms. The van der Waals surface area contributed by atoms with Crippen LogP contribution in [-0.2, 0) is 17.5 Å². The Kier molecular flexibility index (Phi) is 6.98. The first-order valence-electron chi connectivity index (χ1n) is 11.3. The molecule has 0 spiro atoms. The third-order valence-electron chi connectivity index (χ3n) is 5.83. The van der Waals surface area contributed by atoms with Gasteiger partial charge in [-0.3, -0.25) is 14.6 Å². The van der Waals surface area contributed by atoms with E-state index in [9.17, 15) is 27.9 Å². The average molecular weight is 499 g/mol. The number of aliphatic hydroxyl groups is 1. The summed E-state index contributed by atoms with van der Waals surface area (Å²) >= 11 is 0. The minimum Gasteiger partial charge on any atom is -0.457 e. The molecule has 188 valence electrons. The summed E-state index contributed by atoms with van der Waals surface area (Å²) in [5.74, 6) is -0.946. The standard InChI is InChI=1S/C26H24F3N3O4/c1-16(33)18-7-10-22(20(14-18)26(27,28)29)36-19-8-5-17(6-9-19)15-31-24(35)25(11-12-25)32-23(34)21-4-2-3-13-30-21/h2-10,13-14,16,33H,11-12,15H2,1H3,(H,31,35)(H,32,34). The van der Waals surface area contributed by atoms with Crippen molar-refractivity contribution in [3.63, 3.8) is 0 Å². The van der Waals surface area contributed by atoms with E-state index in [1.165, 1.54) is 37.4 Å². The van der Waals surface area contributed by atoms with Crippen LogP contribution in [0.15, 0.2) is 66.9 Å². The van der Waals surface area contributed by atoms with E-state index < -0.39 is 29.3 Å². The molecule has 1 unspecified atom stereocenters. The number of amides is 2. The van der Waals surface area contributed by atoms with Gasteiger partial charge in [-0.25, -0.2) is 0 Å². The number of ether oxygens (including phenoxy) is 1. The maximum atomic E-state index is 13.5. The Morgan fingerprint density at radius 1 is 1.11 bits per heavy atom. The molecule has 0 aliphatic heterocycles. The van der Waals surface area contributed by atoms with E-state index in [0.717, 1.165) is 6.07 Å². The zero-order valence-corrected chi connectivity index (χ0v) is 19.3. The second kappa shape index (κ2) is 9.98. The predicted molar refractivity (Wildman–Crippen MR) is 124 cm³/mol. The molecule has 1 aliphatic carbocycles. The van der Waals surface area contributed by atoms with Crippen molar-refractivity contribution >= 4 is 11.8 Å². The maximum Gasteiger partial charge on any atom is 0.419 e. The molecule has 1 aliphatic rings. The molecule has 2 amide bonds. The summed E-state index contributed by atoms with van der Waals surface area (Å²) in [7, 11) is 0. The van der Waals surface area contributed by atoms with Gasteiger partial charge in [-0.1, -0.05) is 24.3 Å². The molecule has 1 heterocycles. The topological polar surface area (TPSA) is 101 Å². The minimum atomic E-state index is -4.66. The molecule has 3 aromatic rings. The monoisotopic (exact) mass is 499 g/mol. The Labute approximate surface area is 205 Å². The average Bonchev–Trinajstić information content (AvgIpc) is 3.64. The molecule has 1 fully saturated rings. The zero-order chi connectivity index (χ0) is 25.9. The van der Waals surface area contributed by atoms with E-state index in [0.29, 0.717) is 18.4 Å². The summed E-state index contributed by atoms with van der Waals surface area (Å²) in [5, 5.41) is 15.1. The molecule has 0 saturated heterocycles. The fourth-order valence-electron chi connectivity index (χ4n) is 3.58. The molecule has 2 aromatic carbocycles. The van der Waals surface area contributed by atoms with Crippen molar-refractivity contribution in [2.24, 2.45) is 0 Å². The van der Waals surface area contributed by atoms with Crippen LogP contribution in [0.5, 0.6) is 11.5 Å². The number of carbonyl (C=O) groups is 2. The first-order valence-corrected chi connectivity index (χ1v) is 11.3. The van der Waals surface area contributed by atoms with Crippen LogP contribution in [0.1, 0.15) is 53.0 Å². The molecule has 1 atom stereocenters. The maximum absolute atomic E-state index is 13.5. The van der Waals surface area contributed by atoms with Gasteiger partial charge in [0.1, 0.15) is 22.7 Å². The summed E-state index contributed by atoms with van der Waals surface area (Å²) in [6, 6.07) is 14.6. The second-order valence-electron chi connectivity index (χ2n) is 8.61. The highest BCUT2D eigenvalue weighted by molar-refractivity contribution is 5.99. The Bertz CT molecular complexity index is 1240. The smallest absolute Gasteiger partial charge is 0.419 e. The van der Waals surface area contributed by atoms with E-state index >= 15 is 0 Å². The minimum absolute atomic E-state index is 0.130. The SMILES string of the molecule is CC(O)c1ccc(Oc2ccc(CNC(=O)C3(NC(=O)c4ccccn4)CC3)cc2)c(C(F)(F)F)c1. The first-order chi connectivity index (χ1) is 17.1. The van der Waals surface area contributed by atoms with E-state index in [-0.39, 0.29) is 35.2 Å². The molecule has 0 radical (unpaired) electrons. The number of halogens is 3. The normalized spacial score (nSPS) is 15.0. The lowest BCUT2D eigenvalue weighted by Crippen LogP contribution is -2.48. The van der Waals surface area contributed by atoms with Crippen molar-refractivity contribution in [1.29, 1.82) is 0 Å². The number of aliphatic hydroxyl groups excluding tert-OH is 1. The Balaban J connectivity index is 1.36. The molecule has 10 heteroatoms. The number of nitrogens with zero attached hydrogens (tertiary/aromatic N) is 1. The van der Waals surface area contributed by atoms with Crippen LogP contribution >= 0.6 is 0 Å². The molecule has 3 N–H and O–H groups in total. The molecular weight excluding hydrogens is 475 g/mol. The number of pyridine rings is 1. The van der Waals surface area contributed by atoms with E-state index in [1.54, 1.807) is 30.3 Å². The van der Waals surface area contributed by atoms with Crippen LogP contribution < -0.4 is 15.4 Å². The Morgan fingerprint density at radius 2 is 1.83 bits per heavy atom. The van der Waals surface area contributed by atoms with Crippen LogP contribution in [0.2, 0.25) is 0 Å². The Morgan fingerprint density at radius 3 is 2.42 bits per heavy atom. The van der Waals surface area contributed by atoms with Crippen molar-refractivity contribution in [2.45, 2.75) is 44.1 Å². The molecular formula is C26H24F3N3O4. The number of hydrogen-bond acceptors (Lipinski definition) is 5. The summed E-state index contributed by atoms with van der Waals surface area (Å²) in [5.41, 5.74) is -0.904. The molecule has 36 heavy (non-hydrogen) atoms. The van der Waals surface area contributed by atoms with Gasteiger partial charge in [0, 0.05) is 12.7 Å². The number of aromatic nitrogens is 1. The lowest BCUT2D eigenvalue weighted by molar-refractivity contribution is -0.138. The van der Waals surface area contributed by atoms with Gasteiger partial charge in [0.2, 0.25) is 5.91 Å². The van der Waals surface area contributed by atoms with Crippen molar-refractivity contribution in [1.82, 2.24) is 15.6 Å². The number of hydrogen-bond donors (Lipinski definition) is 3. The van der Waals surface area contributed by atoms with E-state index in [2.05, 4.69) is 15.6 Å². The summed E-state index contributed by atoms with van der Waals surface area (Å²) in [6.07, 6.45) is -3.18. The first kappa shape index (κ1) is 25.2. The van der Waals surface area contributed by atoms with Gasteiger partial charge in [0.05, 0.1) is 11.7 Å². The number of carbonyl (C=O) groups excluding carboxylic acids is 2. The fraction of sp³-hybridized carbons (Fsp3) is 0.269. The van der Waals surface area contributed by atoms with Gasteiger partial charge in [-0.15, -0.1) is 0 Å². The molecule has 1 saturated carbocycles. The third-order valence-corrected chi connectivity index (χ3v) is 5.83. The van der Waals surface area contributed by atoms with Crippen molar-refractivity contribution in [2.75, 3.05) is 0 Å². The largest absolute Gasteiger partial charge is 0.457 e. The molecule has 4 rings (SSSR count). The highest BCUT2D eigenvalue weighted by Gasteiger charge is 2.51. The summed E-state index contributed by atoms with van der Waals surface area (Å²) in [6.45, 7) is 1.55. The summed E-state index contributed by atoms with van der Waals surface area (Å²) in [4.78, 5) is 29.0. The van der Waals surface area contributed by atoms with Crippen LogP contribution in [-0.4, -0.2) is 27.4 Å². The van der Waals surface area contributed by atoms with Gasteiger partial charge in [-0.05, 0) is 67.3 Å². The highest BCUT2D eigenvalue weighted by Crippen LogP contribution is 2.40. The predicted octanol–water partition coefficient (Wildman–Crippen LogP) is 4.52. The molecule has 7 nitrogen and oxygen atoms in total. The summed E-state index contributed by atoms with van der Waals surface area (Å²) < 4.78 is 45.9. The van der Waals surface area contributed by atoms with E-state index in [1.807, 2.05) is 0 Å². The van der Waals surface area contributed by atoms with Crippen LogP contribution in [0.25, 0.3) is 0 Å². The van der Waals surface area contributed by atoms with Crippen LogP contribution in [0.3, 0.4) is 0 Å². The highest BCUT2D eigenvalue weighted by atomic mass is 19.4. The zero-order valence-electron chi connectivity index (χ0n) is 19.3. The lowest BCUT2D eigenvalue weighted by Gasteiger charge is -2.17. The van der Waals surface area contributed by atoms with Gasteiger partial charge in [0.15, 0.2) is 0 Å². The van der Waals surface area contributed by atoms with E-state index in [4.69, 9.17) is 4.74 Å². The van der Waals surface area contributed by atoms with Gasteiger partial charge in [-0.2, -0.15) is 13.2 Å². The second-order valence-corrected chi connectivity index (χ2v) is 8.61. The van der Waals surface area contributed by atoms with Gasteiger partial charge >= 0.3 is 6.18 Å². The number of nitrogens with one attached hydrogen (secondary N) is 2. The fourth-order valence-corrected chi connectivity index (χ4v) is 3.58. The number of benzene rings is 2. The van der Waals surface area contributed by atoms with Gasteiger partial charge < -0.3 is 20.5 Å². The van der Waals surface area contributed by atoms with Crippen molar-refractivity contribution in [3.8, 4) is 11.5 Å². The Hall–Kier alpha value is -3.92. The quantitative estimate of drug-likeness (QED) is 0.423. The number of alkyl halides is 3. The van der Waals surface area contributed by atoms with Crippen molar-refractivity contribution in [3.05, 3.63) is 89.2 Å². The number of rotatable bonds is 8.